The van der Waals surface area contributed by atoms with Gasteiger partial charge in [0.1, 0.15) is 10.8 Å². The minimum atomic E-state index is 0.0326. The molecule has 1 aromatic heterocycles. The van der Waals surface area contributed by atoms with Crippen LogP contribution in [0.2, 0.25) is 0 Å². The van der Waals surface area contributed by atoms with Crippen LogP contribution in [0.25, 0.3) is 0 Å². The summed E-state index contributed by atoms with van der Waals surface area (Å²) in [6, 6.07) is 0.149. The third-order valence-electron chi connectivity index (χ3n) is 2.50. The molecule has 86 valence electrons. The van der Waals surface area contributed by atoms with E-state index in [1.54, 1.807) is 0 Å². The summed E-state index contributed by atoms with van der Waals surface area (Å²) >= 11 is 1.50. The van der Waals surface area contributed by atoms with E-state index < -0.39 is 0 Å². The van der Waals surface area contributed by atoms with Crippen molar-refractivity contribution in [3.8, 4) is 0 Å². The molecule has 3 nitrogen and oxygen atoms in total. The first-order valence-corrected chi connectivity index (χ1v) is 6.23. The van der Waals surface area contributed by atoms with Crippen LogP contribution in [-0.4, -0.2) is 15.4 Å². The molecule has 0 saturated heterocycles. The Bertz CT molecular complexity index is 312. The number of hydrogen-bond donors (Lipinski definition) is 1. The Hall–Kier alpha value is -0.480. The van der Waals surface area contributed by atoms with Crippen molar-refractivity contribution >= 4 is 11.5 Å². The number of aromatic nitrogens is 2. The summed E-state index contributed by atoms with van der Waals surface area (Å²) in [5.74, 6) is 1.28. The van der Waals surface area contributed by atoms with Gasteiger partial charge in [0.25, 0.3) is 0 Å². The van der Waals surface area contributed by atoms with E-state index in [-0.39, 0.29) is 11.5 Å². The SMILES string of the molecule is CCC(c1nc(C(C)(C)C)ns1)C(C)N. The normalized spacial score (nSPS) is 16.4. The molecule has 4 heteroatoms. The molecular formula is C11H21N3S. The van der Waals surface area contributed by atoms with E-state index in [1.807, 2.05) is 6.92 Å². The summed E-state index contributed by atoms with van der Waals surface area (Å²) in [7, 11) is 0. The van der Waals surface area contributed by atoms with E-state index >= 15 is 0 Å². The zero-order valence-corrected chi connectivity index (χ0v) is 11.1. The molecule has 0 aliphatic heterocycles. The first-order chi connectivity index (χ1) is 6.86. The molecule has 0 amide bonds. The molecule has 15 heavy (non-hydrogen) atoms. The molecule has 0 aliphatic rings. The average molecular weight is 227 g/mol. The molecule has 0 radical (unpaired) electrons. The Labute approximate surface area is 96.3 Å². The zero-order valence-electron chi connectivity index (χ0n) is 10.2. The highest BCUT2D eigenvalue weighted by molar-refractivity contribution is 7.05. The van der Waals surface area contributed by atoms with E-state index in [0.29, 0.717) is 5.92 Å². The average Bonchev–Trinajstić information content (AvgIpc) is 2.52. The van der Waals surface area contributed by atoms with Crippen LogP contribution in [0.15, 0.2) is 0 Å². The Morgan fingerprint density at radius 3 is 2.33 bits per heavy atom. The third kappa shape index (κ3) is 2.98. The van der Waals surface area contributed by atoms with Gasteiger partial charge in [-0.1, -0.05) is 27.7 Å². The monoisotopic (exact) mass is 227 g/mol. The molecule has 2 atom stereocenters. The van der Waals surface area contributed by atoms with E-state index in [2.05, 4.69) is 37.1 Å². The van der Waals surface area contributed by atoms with Crippen molar-refractivity contribution < 1.29 is 0 Å². The molecule has 0 aromatic carbocycles. The van der Waals surface area contributed by atoms with Gasteiger partial charge in [-0.2, -0.15) is 4.37 Å². The number of nitrogens with zero attached hydrogens (tertiary/aromatic N) is 2. The summed E-state index contributed by atoms with van der Waals surface area (Å²) in [6.45, 7) is 10.6. The minimum Gasteiger partial charge on any atom is -0.327 e. The van der Waals surface area contributed by atoms with Crippen LogP contribution in [-0.2, 0) is 5.41 Å². The largest absolute Gasteiger partial charge is 0.327 e. The molecule has 0 spiro atoms. The van der Waals surface area contributed by atoms with Crippen molar-refractivity contribution in [3.05, 3.63) is 10.8 Å². The lowest BCUT2D eigenvalue weighted by atomic mass is 9.95. The van der Waals surface area contributed by atoms with Crippen molar-refractivity contribution in [2.24, 2.45) is 5.73 Å². The van der Waals surface area contributed by atoms with E-state index in [4.69, 9.17) is 5.73 Å². The Morgan fingerprint density at radius 1 is 1.40 bits per heavy atom. The maximum absolute atomic E-state index is 5.94. The lowest BCUT2D eigenvalue weighted by molar-refractivity contribution is 0.527. The van der Waals surface area contributed by atoms with Crippen molar-refractivity contribution in [2.45, 2.75) is 58.4 Å². The van der Waals surface area contributed by atoms with Gasteiger partial charge in [0.15, 0.2) is 0 Å². The van der Waals surface area contributed by atoms with E-state index in [1.165, 1.54) is 11.5 Å². The van der Waals surface area contributed by atoms with Crippen LogP contribution in [0, 0.1) is 0 Å². The maximum atomic E-state index is 5.94. The number of hydrogen-bond acceptors (Lipinski definition) is 4. The molecule has 0 bridgehead atoms. The van der Waals surface area contributed by atoms with Gasteiger partial charge in [-0.05, 0) is 24.9 Å². The number of rotatable bonds is 3. The molecular weight excluding hydrogens is 206 g/mol. The Morgan fingerprint density at radius 2 is 2.00 bits per heavy atom. The molecule has 0 saturated carbocycles. The predicted octanol–water partition coefficient (Wildman–Crippen LogP) is 2.68. The van der Waals surface area contributed by atoms with E-state index in [0.717, 1.165) is 17.3 Å². The van der Waals surface area contributed by atoms with Crippen LogP contribution in [0.4, 0.5) is 0 Å². The topological polar surface area (TPSA) is 51.8 Å². The van der Waals surface area contributed by atoms with Crippen LogP contribution in [0.1, 0.15) is 57.8 Å². The summed E-state index contributed by atoms with van der Waals surface area (Å²) in [5.41, 5.74) is 5.97. The van der Waals surface area contributed by atoms with Crippen molar-refractivity contribution in [3.63, 3.8) is 0 Å². The van der Waals surface area contributed by atoms with Gasteiger partial charge in [-0.25, -0.2) is 4.98 Å². The first kappa shape index (κ1) is 12.6. The van der Waals surface area contributed by atoms with Crippen LogP contribution < -0.4 is 5.73 Å². The molecule has 0 aliphatic carbocycles. The highest BCUT2D eigenvalue weighted by Gasteiger charge is 2.23. The van der Waals surface area contributed by atoms with Gasteiger partial charge in [-0.15, -0.1) is 0 Å². The standard InChI is InChI=1S/C11H21N3S/c1-6-8(7(2)12)9-13-10(14-15-9)11(3,4)5/h7-8H,6,12H2,1-5H3. The fourth-order valence-corrected chi connectivity index (χ4v) is 2.60. The number of nitrogens with two attached hydrogens (primary N) is 1. The quantitative estimate of drug-likeness (QED) is 0.863. The zero-order chi connectivity index (χ0) is 11.6. The lowest BCUT2D eigenvalue weighted by Crippen LogP contribution is -2.24. The van der Waals surface area contributed by atoms with Gasteiger partial charge in [-0.3, -0.25) is 0 Å². The summed E-state index contributed by atoms with van der Waals surface area (Å²) in [6.07, 6.45) is 1.02. The second kappa shape index (κ2) is 4.58. The third-order valence-corrected chi connectivity index (χ3v) is 3.35. The predicted molar refractivity (Wildman–Crippen MR) is 65.3 cm³/mol. The molecule has 2 N–H and O–H groups in total. The van der Waals surface area contributed by atoms with Crippen LogP contribution in [0.5, 0.6) is 0 Å². The highest BCUT2D eigenvalue weighted by Crippen LogP contribution is 2.27. The fourth-order valence-electron chi connectivity index (χ4n) is 1.46. The van der Waals surface area contributed by atoms with Crippen molar-refractivity contribution in [1.29, 1.82) is 0 Å². The summed E-state index contributed by atoms with van der Waals surface area (Å²) in [4.78, 5) is 4.60. The molecule has 0 fully saturated rings. The molecule has 1 aromatic rings. The highest BCUT2D eigenvalue weighted by atomic mass is 32.1. The van der Waals surface area contributed by atoms with Crippen LogP contribution >= 0.6 is 11.5 Å². The van der Waals surface area contributed by atoms with Gasteiger partial charge in [0, 0.05) is 17.4 Å². The second-order valence-corrected chi connectivity index (χ2v) is 5.86. The van der Waals surface area contributed by atoms with E-state index in [9.17, 15) is 0 Å². The van der Waals surface area contributed by atoms with Gasteiger partial charge in [0.2, 0.25) is 0 Å². The maximum Gasteiger partial charge on any atom is 0.147 e. The second-order valence-electron chi connectivity index (χ2n) is 5.08. The molecule has 2 unspecified atom stereocenters. The molecule has 1 heterocycles. The summed E-state index contributed by atoms with van der Waals surface area (Å²) in [5, 5.41) is 1.08. The summed E-state index contributed by atoms with van der Waals surface area (Å²) < 4.78 is 4.41. The Balaban J connectivity index is 2.92. The lowest BCUT2D eigenvalue weighted by Gasteiger charge is -2.16. The van der Waals surface area contributed by atoms with Crippen molar-refractivity contribution in [2.75, 3.05) is 0 Å². The Kier molecular flexibility index (Phi) is 3.84. The van der Waals surface area contributed by atoms with Gasteiger partial charge >= 0.3 is 0 Å². The van der Waals surface area contributed by atoms with Crippen LogP contribution in [0.3, 0.4) is 0 Å². The van der Waals surface area contributed by atoms with Gasteiger partial charge < -0.3 is 5.73 Å². The first-order valence-electron chi connectivity index (χ1n) is 5.46. The smallest absolute Gasteiger partial charge is 0.147 e. The van der Waals surface area contributed by atoms with Gasteiger partial charge in [0.05, 0.1) is 0 Å². The van der Waals surface area contributed by atoms with Crippen molar-refractivity contribution in [1.82, 2.24) is 9.36 Å². The molecule has 1 rings (SSSR count). The fraction of sp³-hybridized carbons (Fsp3) is 0.818. The minimum absolute atomic E-state index is 0.0326.